The fourth-order valence-corrected chi connectivity index (χ4v) is 2.05. The molecule has 3 rings (SSSR count). The van der Waals surface area contributed by atoms with E-state index in [1.165, 1.54) is 0 Å². The van der Waals surface area contributed by atoms with E-state index in [0.29, 0.717) is 6.79 Å². The number of hydrogen-bond donors (Lipinski definition) is 0. The predicted octanol–water partition coefficient (Wildman–Crippen LogP) is 1.47. The summed E-state index contributed by atoms with van der Waals surface area (Å²) in [6.45, 7) is 5.51. The molecule has 0 radical (unpaired) electrons. The van der Waals surface area contributed by atoms with E-state index in [0.717, 1.165) is 49.1 Å². The van der Waals surface area contributed by atoms with Crippen molar-refractivity contribution in [1.82, 2.24) is 5.01 Å². The van der Waals surface area contributed by atoms with Crippen molar-refractivity contribution in [3.8, 4) is 11.5 Å². The summed E-state index contributed by atoms with van der Waals surface area (Å²) in [6, 6.07) is 5.91. The van der Waals surface area contributed by atoms with E-state index in [2.05, 4.69) is 5.10 Å². The van der Waals surface area contributed by atoms with Crippen LogP contribution in [-0.4, -0.2) is 43.8 Å². The van der Waals surface area contributed by atoms with Crippen molar-refractivity contribution in [3.05, 3.63) is 23.8 Å². The number of rotatable bonds is 2. The average molecular weight is 248 g/mol. The van der Waals surface area contributed by atoms with Gasteiger partial charge in [0.1, 0.15) is 0 Å². The molecule has 0 aromatic heterocycles. The van der Waals surface area contributed by atoms with Crippen LogP contribution in [0.1, 0.15) is 12.5 Å². The van der Waals surface area contributed by atoms with E-state index in [1.54, 1.807) is 0 Å². The molecule has 1 aromatic carbocycles. The summed E-state index contributed by atoms with van der Waals surface area (Å²) in [5.74, 6) is 1.60. The Bertz CT molecular complexity index is 467. The van der Waals surface area contributed by atoms with Crippen LogP contribution in [0.4, 0.5) is 0 Å². The van der Waals surface area contributed by atoms with Gasteiger partial charge in [0.05, 0.1) is 32.0 Å². The highest BCUT2D eigenvalue weighted by atomic mass is 16.7. The number of hydrogen-bond acceptors (Lipinski definition) is 5. The molecule has 1 aromatic rings. The second-order valence-electron chi connectivity index (χ2n) is 4.32. The molecule has 18 heavy (non-hydrogen) atoms. The first-order chi connectivity index (χ1) is 8.83. The fourth-order valence-electron chi connectivity index (χ4n) is 2.05. The smallest absolute Gasteiger partial charge is 0.231 e. The summed E-state index contributed by atoms with van der Waals surface area (Å²) in [5, 5.41) is 6.65. The number of hydrazone groups is 1. The van der Waals surface area contributed by atoms with Crippen LogP contribution in [0, 0.1) is 0 Å². The third kappa shape index (κ3) is 2.26. The third-order valence-electron chi connectivity index (χ3n) is 3.07. The Balaban J connectivity index is 1.78. The number of fused-ring (bicyclic) bond motifs is 1. The molecular weight excluding hydrogens is 232 g/mol. The molecule has 0 unspecified atom stereocenters. The summed E-state index contributed by atoms with van der Waals surface area (Å²) in [7, 11) is 0. The first-order valence-corrected chi connectivity index (χ1v) is 6.11. The highest BCUT2D eigenvalue weighted by Crippen LogP contribution is 2.32. The van der Waals surface area contributed by atoms with Crippen molar-refractivity contribution in [2.45, 2.75) is 6.92 Å². The van der Waals surface area contributed by atoms with Gasteiger partial charge in [0.15, 0.2) is 11.5 Å². The van der Waals surface area contributed by atoms with Crippen LogP contribution in [0.3, 0.4) is 0 Å². The zero-order chi connectivity index (χ0) is 12.4. The van der Waals surface area contributed by atoms with Crippen LogP contribution in [0.2, 0.25) is 0 Å². The second kappa shape index (κ2) is 4.86. The van der Waals surface area contributed by atoms with Gasteiger partial charge >= 0.3 is 0 Å². The van der Waals surface area contributed by atoms with Crippen molar-refractivity contribution >= 4 is 5.71 Å². The lowest BCUT2D eigenvalue weighted by Gasteiger charge is -2.24. The van der Waals surface area contributed by atoms with Gasteiger partial charge in [0.2, 0.25) is 6.79 Å². The molecule has 0 bridgehead atoms. The van der Waals surface area contributed by atoms with E-state index in [-0.39, 0.29) is 0 Å². The second-order valence-corrected chi connectivity index (χ2v) is 4.32. The van der Waals surface area contributed by atoms with Crippen molar-refractivity contribution in [2.24, 2.45) is 5.10 Å². The Labute approximate surface area is 106 Å². The van der Waals surface area contributed by atoms with Gasteiger partial charge in [0.25, 0.3) is 0 Å². The van der Waals surface area contributed by atoms with Crippen molar-refractivity contribution in [2.75, 3.05) is 33.1 Å². The molecule has 2 heterocycles. The highest BCUT2D eigenvalue weighted by molar-refractivity contribution is 5.99. The molecule has 1 saturated heterocycles. The Kier molecular flexibility index (Phi) is 3.06. The Morgan fingerprint density at radius 3 is 2.78 bits per heavy atom. The van der Waals surface area contributed by atoms with E-state index in [1.807, 2.05) is 30.1 Å². The Morgan fingerprint density at radius 2 is 1.94 bits per heavy atom. The van der Waals surface area contributed by atoms with Crippen LogP contribution in [-0.2, 0) is 4.74 Å². The van der Waals surface area contributed by atoms with Gasteiger partial charge in [-0.05, 0) is 25.1 Å². The first-order valence-electron chi connectivity index (χ1n) is 6.11. The van der Waals surface area contributed by atoms with E-state index >= 15 is 0 Å². The van der Waals surface area contributed by atoms with Crippen LogP contribution in [0.15, 0.2) is 23.3 Å². The lowest BCUT2D eigenvalue weighted by atomic mass is 10.1. The molecule has 96 valence electrons. The quantitative estimate of drug-likeness (QED) is 0.743. The molecule has 0 N–H and O–H groups in total. The van der Waals surface area contributed by atoms with Gasteiger partial charge in [0, 0.05) is 5.56 Å². The fraction of sp³-hybridized carbons (Fsp3) is 0.462. The maximum atomic E-state index is 5.37. The van der Waals surface area contributed by atoms with E-state index in [9.17, 15) is 0 Å². The monoisotopic (exact) mass is 248 g/mol. The van der Waals surface area contributed by atoms with Crippen LogP contribution in [0.25, 0.3) is 0 Å². The minimum absolute atomic E-state index is 0.304. The molecule has 5 nitrogen and oxygen atoms in total. The largest absolute Gasteiger partial charge is 0.454 e. The summed E-state index contributed by atoms with van der Waals surface area (Å²) >= 11 is 0. The number of benzene rings is 1. The Morgan fingerprint density at radius 1 is 1.17 bits per heavy atom. The molecule has 0 spiro atoms. The molecule has 0 atom stereocenters. The number of morpholine rings is 1. The Hall–Kier alpha value is -1.75. The summed E-state index contributed by atoms with van der Waals surface area (Å²) in [4.78, 5) is 0. The van der Waals surface area contributed by atoms with Crippen molar-refractivity contribution in [1.29, 1.82) is 0 Å². The molecule has 0 aliphatic carbocycles. The molecule has 2 aliphatic rings. The van der Waals surface area contributed by atoms with Crippen LogP contribution >= 0.6 is 0 Å². The van der Waals surface area contributed by atoms with Gasteiger partial charge in [-0.25, -0.2) is 0 Å². The SMILES string of the molecule is C/C(=N\N1CCOCC1)c1ccc2c(c1)OCO2. The maximum absolute atomic E-state index is 5.37. The molecular formula is C13H16N2O3. The normalized spacial score (nSPS) is 19.2. The van der Waals surface area contributed by atoms with Gasteiger partial charge in [-0.15, -0.1) is 0 Å². The third-order valence-corrected chi connectivity index (χ3v) is 3.07. The highest BCUT2D eigenvalue weighted by Gasteiger charge is 2.15. The predicted molar refractivity (Wildman–Crippen MR) is 67.2 cm³/mol. The molecule has 5 heteroatoms. The van der Waals surface area contributed by atoms with Crippen molar-refractivity contribution in [3.63, 3.8) is 0 Å². The molecule has 0 saturated carbocycles. The molecule has 0 amide bonds. The standard InChI is InChI=1S/C13H16N2O3/c1-10(14-15-4-6-16-7-5-15)11-2-3-12-13(8-11)18-9-17-12/h2-3,8H,4-7,9H2,1H3/b14-10+. The van der Waals surface area contributed by atoms with E-state index < -0.39 is 0 Å². The van der Waals surface area contributed by atoms with Crippen LogP contribution in [0.5, 0.6) is 11.5 Å². The van der Waals surface area contributed by atoms with Crippen molar-refractivity contribution < 1.29 is 14.2 Å². The zero-order valence-electron chi connectivity index (χ0n) is 10.4. The lowest BCUT2D eigenvalue weighted by molar-refractivity contribution is 0.0393. The van der Waals surface area contributed by atoms with Crippen LogP contribution < -0.4 is 9.47 Å². The average Bonchev–Trinajstić information content (AvgIpc) is 2.87. The summed E-state index contributed by atoms with van der Waals surface area (Å²) in [6.07, 6.45) is 0. The number of nitrogens with zero attached hydrogens (tertiary/aromatic N) is 2. The van der Waals surface area contributed by atoms with Gasteiger partial charge < -0.3 is 14.2 Å². The van der Waals surface area contributed by atoms with Gasteiger partial charge in [-0.2, -0.15) is 5.10 Å². The summed E-state index contributed by atoms with van der Waals surface area (Å²) < 4.78 is 16.0. The summed E-state index contributed by atoms with van der Waals surface area (Å²) in [5.41, 5.74) is 2.04. The number of ether oxygens (including phenoxy) is 3. The van der Waals surface area contributed by atoms with E-state index in [4.69, 9.17) is 14.2 Å². The maximum Gasteiger partial charge on any atom is 0.231 e. The minimum Gasteiger partial charge on any atom is -0.454 e. The molecule has 1 fully saturated rings. The topological polar surface area (TPSA) is 43.3 Å². The zero-order valence-corrected chi connectivity index (χ0v) is 10.4. The van der Waals surface area contributed by atoms with Gasteiger partial charge in [-0.1, -0.05) is 0 Å². The first kappa shape index (κ1) is 11.3. The van der Waals surface area contributed by atoms with Gasteiger partial charge in [-0.3, -0.25) is 5.01 Å². The lowest BCUT2D eigenvalue weighted by Crippen LogP contribution is -2.33. The molecule has 2 aliphatic heterocycles. The minimum atomic E-state index is 0.304.